The maximum atomic E-state index is 12.1. The molecule has 1 aromatic carbocycles. The molecule has 0 spiro atoms. The molecule has 146 valence electrons. The maximum Gasteiger partial charge on any atom is 0.251 e. The van der Waals surface area contributed by atoms with Crippen LogP contribution in [0.2, 0.25) is 5.02 Å². The van der Waals surface area contributed by atoms with E-state index in [2.05, 4.69) is 32.9 Å². The molecule has 0 saturated heterocycles. The van der Waals surface area contributed by atoms with Gasteiger partial charge in [0.05, 0.1) is 10.7 Å². The maximum absolute atomic E-state index is 12.1. The van der Waals surface area contributed by atoms with Crippen LogP contribution >= 0.6 is 22.9 Å². The Morgan fingerprint density at radius 2 is 1.85 bits per heavy atom. The van der Waals surface area contributed by atoms with Crippen molar-refractivity contribution in [2.45, 2.75) is 27.2 Å². The third-order valence-corrected chi connectivity index (χ3v) is 5.21. The molecular formula is C19H26ClN5OS. The first kappa shape index (κ1) is 21.2. The number of rotatable bonds is 8. The fraction of sp³-hybridized carbons (Fsp3) is 0.421. The lowest BCUT2D eigenvalue weighted by Crippen LogP contribution is -2.41. The van der Waals surface area contributed by atoms with Crippen LogP contribution in [-0.4, -0.2) is 43.0 Å². The summed E-state index contributed by atoms with van der Waals surface area (Å²) in [5.41, 5.74) is 1.69. The monoisotopic (exact) mass is 407 g/mol. The molecule has 1 aromatic heterocycles. The van der Waals surface area contributed by atoms with Crippen molar-refractivity contribution >= 4 is 34.8 Å². The molecular weight excluding hydrogens is 382 g/mol. The molecule has 0 atom stereocenters. The molecule has 0 bridgehead atoms. The summed E-state index contributed by atoms with van der Waals surface area (Å²) >= 11 is 7.56. The third-order valence-electron chi connectivity index (χ3n) is 3.82. The van der Waals surface area contributed by atoms with Crippen LogP contribution in [0.25, 0.3) is 0 Å². The van der Waals surface area contributed by atoms with Crippen LogP contribution < -0.4 is 16.0 Å². The number of carbonyl (C=O) groups excluding carboxylic acids is 1. The van der Waals surface area contributed by atoms with Crippen molar-refractivity contribution in [3.8, 4) is 0 Å². The Hall–Kier alpha value is -2.12. The summed E-state index contributed by atoms with van der Waals surface area (Å²) in [5, 5.41) is 11.0. The van der Waals surface area contributed by atoms with E-state index in [-0.39, 0.29) is 5.91 Å². The molecule has 0 unspecified atom stereocenters. The van der Waals surface area contributed by atoms with Crippen LogP contribution in [0.15, 0.2) is 29.3 Å². The molecule has 2 aromatic rings. The normalized spacial score (nSPS) is 11.3. The highest BCUT2D eigenvalue weighted by Gasteiger charge is 2.05. The molecule has 3 N–H and O–H groups in total. The van der Waals surface area contributed by atoms with E-state index in [1.54, 1.807) is 35.6 Å². The van der Waals surface area contributed by atoms with Crippen molar-refractivity contribution < 1.29 is 4.79 Å². The molecule has 27 heavy (non-hydrogen) atoms. The topological polar surface area (TPSA) is 78.4 Å². The van der Waals surface area contributed by atoms with Gasteiger partial charge in [0.1, 0.15) is 0 Å². The molecule has 0 radical (unpaired) electrons. The largest absolute Gasteiger partial charge is 0.357 e. The van der Waals surface area contributed by atoms with Crippen molar-refractivity contribution in [2.24, 2.45) is 4.99 Å². The van der Waals surface area contributed by atoms with E-state index in [9.17, 15) is 4.79 Å². The van der Waals surface area contributed by atoms with E-state index in [0.29, 0.717) is 30.2 Å². The summed E-state index contributed by atoms with van der Waals surface area (Å²) in [5.74, 6) is 0.619. The van der Waals surface area contributed by atoms with E-state index in [4.69, 9.17) is 11.6 Å². The van der Waals surface area contributed by atoms with E-state index in [1.807, 2.05) is 13.8 Å². The van der Waals surface area contributed by atoms with Crippen molar-refractivity contribution in [3.63, 3.8) is 0 Å². The first-order chi connectivity index (χ1) is 13.0. The van der Waals surface area contributed by atoms with Crippen molar-refractivity contribution in [3.05, 3.63) is 50.4 Å². The Morgan fingerprint density at radius 1 is 1.15 bits per heavy atom. The molecule has 8 heteroatoms. The number of aryl methyl sites for hydroxylation is 2. The first-order valence-electron chi connectivity index (χ1n) is 8.98. The Labute approximate surface area is 169 Å². The lowest BCUT2D eigenvalue weighted by atomic mass is 10.2. The van der Waals surface area contributed by atoms with Crippen molar-refractivity contribution in [1.29, 1.82) is 0 Å². The van der Waals surface area contributed by atoms with Gasteiger partial charge in [-0.3, -0.25) is 9.79 Å². The first-order valence-corrected chi connectivity index (χ1v) is 10.2. The average Bonchev–Trinajstić information content (AvgIpc) is 2.96. The minimum absolute atomic E-state index is 0.120. The molecule has 1 heterocycles. The second-order valence-electron chi connectivity index (χ2n) is 5.95. The summed E-state index contributed by atoms with van der Waals surface area (Å²) in [7, 11) is 0. The Bertz CT molecular complexity index is 753. The third kappa shape index (κ3) is 7.19. The summed E-state index contributed by atoms with van der Waals surface area (Å²) in [6.07, 6.45) is 0.823. The highest BCUT2D eigenvalue weighted by molar-refractivity contribution is 7.11. The van der Waals surface area contributed by atoms with Gasteiger partial charge in [-0.05, 0) is 45.0 Å². The Morgan fingerprint density at radius 3 is 2.48 bits per heavy atom. The highest BCUT2D eigenvalue weighted by Crippen LogP contribution is 2.16. The number of thiazole rings is 1. The number of hydrogen-bond donors (Lipinski definition) is 3. The number of aromatic nitrogens is 1. The smallest absolute Gasteiger partial charge is 0.251 e. The van der Waals surface area contributed by atoms with E-state index in [0.717, 1.165) is 29.6 Å². The lowest BCUT2D eigenvalue weighted by Gasteiger charge is -2.11. The van der Waals surface area contributed by atoms with Crippen LogP contribution in [0, 0.1) is 13.8 Å². The van der Waals surface area contributed by atoms with Gasteiger partial charge in [-0.15, -0.1) is 11.3 Å². The van der Waals surface area contributed by atoms with Gasteiger partial charge < -0.3 is 16.0 Å². The van der Waals surface area contributed by atoms with Crippen LogP contribution in [0.4, 0.5) is 0 Å². The second kappa shape index (κ2) is 10.9. The van der Waals surface area contributed by atoms with Gasteiger partial charge in [0.2, 0.25) is 0 Å². The molecule has 0 fully saturated rings. The lowest BCUT2D eigenvalue weighted by molar-refractivity contribution is 0.0954. The second-order valence-corrected chi connectivity index (χ2v) is 7.67. The Kier molecular flexibility index (Phi) is 8.54. The summed E-state index contributed by atoms with van der Waals surface area (Å²) in [6, 6.07) is 6.82. The minimum Gasteiger partial charge on any atom is -0.357 e. The quantitative estimate of drug-likeness (QED) is 0.357. The summed E-state index contributed by atoms with van der Waals surface area (Å²) in [6.45, 7) is 8.66. The van der Waals surface area contributed by atoms with E-state index >= 15 is 0 Å². The zero-order chi connectivity index (χ0) is 19.6. The number of nitrogens with one attached hydrogen (secondary N) is 3. The SMILES string of the molecule is CCNC(=NCCc1nc(C)c(C)s1)NCCNC(=O)c1ccc(Cl)cc1. The molecule has 2 rings (SSSR count). The Balaban J connectivity index is 1.74. The number of carbonyl (C=O) groups is 1. The zero-order valence-corrected chi connectivity index (χ0v) is 17.5. The number of benzene rings is 1. The molecule has 0 saturated carbocycles. The van der Waals surface area contributed by atoms with Crippen molar-refractivity contribution in [1.82, 2.24) is 20.9 Å². The molecule has 1 amide bonds. The number of guanidine groups is 1. The van der Waals surface area contributed by atoms with Crippen LogP contribution in [-0.2, 0) is 6.42 Å². The number of nitrogens with zero attached hydrogens (tertiary/aromatic N) is 2. The summed E-state index contributed by atoms with van der Waals surface area (Å²) in [4.78, 5) is 22.4. The van der Waals surface area contributed by atoms with Gasteiger partial charge in [0.25, 0.3) is 5.91 Å². The molecule has 0 aliphatic rings. The molecule has 0 aliphatic heterocycles. The summed E-state index contributed by atoms with van der Waals surface area (Å²) < 4.78 is 0. The fourth-order valence-electron chi connectivity index (χ4n) is 2.31. The minimum atomic E-state index is -0.120. The van der Waals surface area contributed by atoms with Gasteiger partial charge in [0.15, 0.2) is 5.96 Å². The zero-order valence-electron chi connectivity index (χ0n) is 15.9. The number of aliphatic imine (C=N–C) groups is 1. The van der Waals surface area contributed by atoms with Gasteiger partial charge in [0, 0.05) is 48.1 Å². The fourth-order valence-corrected chi connectivity index (χ4v) is 3.36. The van der Waals surface area contributed by atoms with Crippen LogP contribution in [0.1, 0.15) is 32.9 Å². The predicted molar refractivity (Wildman–Crippen MR) is 113 cm³/mol. The number of amides is 1. The number of halogens is 1. The van der Waals surface area contributed by atoms with Crippen LogP contribution in [0.5, 0.6) is 0 Å². The standard InChI is InChI=1S/C19H26ClN5OS/c1-4-21-19(23-10-9-17-25-13(2)14(3)27-17)24-12-11-22-18(26)15-5-7-16(20)8-6-15/h5-8H,4,9-12H2,1-3H3,(H,22,26)(H2,21,23,24). The van der Waals surface area contributed by atoms with Crippen LogP contribution in [0.3, 0.4) is 0 Å². The van der Waals surface area contributed by atoms with Gasteiger partial charge >= 0.3 is 0 Å². The van der Waals surface area contributed by atoms with Gasteiger partial charge in [-0.25, -0.2) is 4.98 Å². The van der Waals surface area contributed by atoms with Gasteiger partial charge in [-0.1, -0.05) is 11.6 Å². The van der Waals surface area contributed by atoms with Gasteiger partial charge in [-0.2, -0.15) is 0 Å². The molecule has 0 aliphatic carbocycles. The molecule has 6 nitrogen and oxygen atoms in total. The van der Waals surface area contributed by atoms with E-state index in [1.165, 1.54) is 4.88 Å². The van der Waals surface area contributed by atoms with Crippen molar-refractivity contribution in [2.75, 3.05) is 26.2 Å². The average molecular weight is 408 g/mol. The van der Waals surface area contributed by atoms with E-state index < -0.39 is 0 Å². The number of hydrogen-bond acceptors (Lipinski definition) is 4. The highest BCUT2D eigenvalue weighted by atomic mass is 35.5. The predicted octanol–water partition coefficient (Wildman–Crippen LogP) is 2.94.